The van der Waals surface area contributed by atoms with E-state index < -0.39 is 64.1 Å². The molecule has 1 atom stereocenters. The number of hydrogen-bond donors (Lipinski definition) is 3. The zero-order chi connectivity index (χ0) is 41.2. The number of phenolic OH excluding ortho intramolecular Hbond substituents is 1. The fraction of sp³-hybridized carbons (Fsp3) is 0.342. The van der Waals surface area contributed by atoms with Crippen LogP contribution in [-0.4, -0.2) is 75.8 Å². The molecule has 3 N–H and O–H groups in total. The molecule has 302 valence electrons. The van der Waals surface area contributed by atoms with E-state index in [4.69, 9.17) is 21.1 Å². The Labute approximate surface area is 325 Å². The Morgan fingerprint density at radius 2 is 1.65 bits per heavy atom. The third-order valence-corrected chi connectivity index (χ3v) is 9.70. The van der Waals surface area contributed by atoms with Gasteiger partial charge in [-0.1, -0.05) is 23.7 Å². The number of rotatable bonds is 14. The monoisotopic (exact) mass is 821 g/mol. The molecule has 0 aliphatic carbocycles. The Morgan fingerprint density at radius 1 is 0.895 bits per heavy atom. The lowest BCUT2D eigenvalue weighted by Gasteiger charge is -2.27. The molecule has 57 heavy (non-hydrogen) atoms. The Balaban J connectivity index is 1.03. The summed E-state index contributed by atoms with van der Waals surface area (Å²) in [7, 11) is 1.23. The van der Waals surface area contributed by atoms with Gasteiger partial charge in [0.15, 0.2) is 5.69 Å². The van der Waals surface area contributed by atoms with E-state index in [0.717, 1.165) is 27.8 Å². The molecule has 3 aromatic carbocycles. The molecule has 3 heterocycles. The van der Waals surface area contributed by atoms with Crippen molar-refractivity contribution in [1.82, 2.24) is 20.0 Å². The maximum Gasteiger partial charge on any atom is 0.435 e. The average Bonchev–Trinajstić information content (AvgIpc) is 3.66. The number of hydrogen-bond acceptors (Lipinski definition) is 9. The molecule has 0 saturated carbocycles. The van der Waals surface area contributed by atoms with Crippen LogP contribution in [0.5, 0.6) is 11.5 Å². The number of fused-ring (bicyclic) bond motifs is 1. The summed E-state index contributed by atoms with van der Waals surface area (Å²) in [5.41, 5.74) is -2.32. The lowest BCUT2D eigenvalue weighted by atomic mass is 9.97. The van der Waals surface area contributed by atoms with E-state index in [0.29, 0.717) is 31.6 Å². The normalized spacial score (nSPS) is 15.9. The molecule has 4 aromatic rings. The third kappa shape index (κ3) is 8.71. The second-order valence-corrected chi connectivity index (χ2v) is 13.6. The van der Waals surface area contributed by atoms with Gasteiger partial charge < -0.3 is 19.9 Å². The number of phenols is 1. The van der Waals surface area contributed by atoms with Gasteiger partial charge >= 0.3 is 12.4 Å². The Hall–Kier alpha value is -5.62. The van der Waals surface area contributed by atoms with Crippen LogP contribution in [0.1, 0.15) is 64.1 Å². The van der Waals surface area contributed by atoms with Crippen LogP contribution in [-0.2, 0) is 33.7 Å². The standard InChI is InChI=1S/C38H34ClF6N5O7/c1-49-27(19-29(48-49)38(43,44)45)21-9-12-28(31(33(21)52)20-8-10-24(39)23(18-20)37(40,41)42)57-16-4-2-3-15-56-17-14-46-25-7-5-6-22-32(25)36(55)50(35(22)54)26-11-13-30(51)47-34(26)53/h5-10,12,18-19,26,46,52H,2-4,11,13-17H2,1H3,(H,47,51,53). The number of benzene rings is 3. The summed E-state index contributed by atoms with van der Waals surface area (Å²) in [6.45, 7) is 0.916. The van der Waals surface area contributed by atoms with E-state index in [1.165, 1.54) is 31.3 Å². The van der Waals surface area contributed by atoms with Crippen molar-refractivity contribution in [1.29, 1.82) is 0 Å². The van der Waals surface area contributed by atoms with Gasteiger partial charge in [0.05, 0.1) is 46.2 Å². The Bertz CT molecular complexity index is 2220. The Morgan fingerprint density at radius 3 is 2.35 bits per heavy atom. The van der Waals surface area contributed by atoms with Crippen LogP contribution in [0.4, 0.5) is 32.0 Å². The summed E-state index contributed by atoms with van der Waals surface area (Å²) in [5, 5.41) is 19.5. The summed E-state index contributed by atoms with van der Waals surface area (Å²) in [5.74, 6) is -3.06. The van der Waals surface area contributed by atoms with Crippen molar-refractivity contribution in [2.24, 2.45) is 7.05 Å². The van der Waals surface area contributed by atoms with Crippen molar-refractivity contribution in [3.8, 4) is 33.9 Å². The number of aromatic hydroxyl groups is 1. The molecule has 6 rings (SSSR count). The van der Waals surface area contributed by atoms with E-state index >= 15 is 0 Å². The number of amides is 4. The van der Waals surface area contributed by atoms with Gasteiger partial charge in [-0.3, -0.25) is 34.1 Å². The first kappa shape index (κ1) is 41.0. The quantitative estimate of drug-likeness (QED) is 0.0680. The number of piperidine rings is 1. The number of aromatic nitrogens is 2. The highest BCUT2D eigenvalue weighted by molar-refractivity contribution is 6.31. The van der Waals surface area contributed by atoms with Gasteiger partial charge in [0.2, 0.25) is 11.8 Å². The number of carbonyl (C=O) groups excluding carboxylic acids is 4. The van der Waals surface area contributed by atoms with E-state index in [9.17, 15) is 50.6 Å². The highest BCUT2D eigenvalue weighted by atomic mass is 35.5. The molecule has 1 aromatic heterocycles. The fourth-order valence-corrected chi connectivity index (χ4v) is 6.85. The lowest BCUT2D eigenvalue weighted by molar-refractivity contribution is -0.141. The smallest absolute Gasteiger partial charge is 0.435 e. The van der Waals surface area contributed by atoms with E-state index in [2.05, 4.69) is 15.7 Å². The first-order valence-electron chi connectivity index (χ1n) is 17.6. The number of unbranched alkanes of at least 4 members (excludes halogenated alkanes) is 2. The van der Waals surface area contributed by atoms with Crippen molar-refractivity contribution >= 4 is 40.9 Å². The molecule has 2 aliphatic heterocycles. The fourth-order valence-electron chi connectivity index (χ4n) is 6.62. The number of halogens is 7. The summed E-state index contributed by atoms with van der Waals surface area (Å²) in [6.07, 6.45) is -7.93. The SMILES string of the molecule is Cn1nc(C(F)(F)F)cc1-c1ccc(OCCCCCOCCNc2cccc3c2C(=O)N(C2CCC(=O)NC2=O)C3=O)c(-c2ccc(Cl)c(C(F)(F)F)c2)c1O. The van der Waals surface area contributed by atoms with Crippen molar-refractivity contribution in [3.63, 3.8) is 0 Å². The first-order valence-corrected chi connectivity index (χ1v) is 18.0. The number of aryl methyl sites for hydroxylation is 1. The van der Waals surface area contributed by atoms with Gasteiger partial charge in [0.1, 0.15) is 17.5 Å². The largest absolute Gasteiger partial charge is 0.506 e. The van der Waals surface area contributed by atoms with Crippen LogP contribution in [0.25, 0.3) is 22.4 Å². The van der Waals surface area contributed by atoms with Crippen LogP contribution in [0, 0.1) is 0 Å². The van der Waals surface area contributed by atoms with Crippen molar-refractivity contribution in [2.75, 3.05) is 31.7 Å². The van der Waals surface area contributed by atoms with Gasteiger partial charge in [-0.2, -0.15) is 31.4 Å². The van der Waals surface area contributed by atoms with Crippen LogP contribution >= 0.6 is 11.6 Å². The maximum absolute atomic E-state index is 13.8. The van der Waals surface area contributed by atoms with Gasteiger partial charge in [-0.15, -0.1) is 0 Å². The number of nitrogens with zero attached hydrogens (tertiary/aromatic N) is 3. The highest BCUT2D eigenvalue weighted by Crippen LogP contribution is 2.47. The molecule has 1 unspecified atom stereocenters. The number of anilines is 1. The predicted molar refractivity (Wildman–Crippen MR) is 193 cm³/mol. The van der Waals surface area contributed by atoms with Crippen molar-refractivity contribution in [3.05, 3.63) is 82.0 Å². The summed E-state index contributed by atoms with van der Waals surface area (Å²) >= 11 is 5.82. The molecule has 0 spiro atoms. The molecular formula is C38H34ClF6N5O7. The zero-order valence-corrected chi connectivity index (χ0v) is 30.8. The minimum atomic E-state index is -4.84. The highest BCUT2D eigenvalue weighted by Gasteiger charge is 2.45. The van der Waals surface area contributed by atoms with E-state index in [-0.39, 0.29) is 71.9 Å². The van der Waals surface area contributed by atoms with Gasteiger partial charge in [-0.05, 0) is 73.7 Å². The zero-order valence-electron chi connectivity index (χ0n) is 30.0. The van der Waals surface area contributed by atoms with Gasteiger partial charge in [0, 0.05) is 37.9 Å². The molecule has 1 fully saturated rings. The van der Waals surface area contributed by atoms with E-state index in [1.54, 1.807) is 12.1 Å². The molecule has 19 heteroatoms. The van der Waals surface area contributed by atoms with Crippen LogP contribution in [0.15, 0.2) is 54.6 Å². The summed E-state index contributed by atoms with van der Waals surface area (Å²) < 4.78 is 93.9. The lowest BCUT2D eigenvalue weighted by Crippen LogP contribution is -2.54. The second-order valence-electron chi connectivity index (χ2n) is 13.2. The molecule has 12 nitrogen and oxygen atoms in total. The minimum Gasteiger partial charge on any atom is -0.506 e. The minimum absolute atomic E-state index is 0.00517. The molecule has 2 aliphatic rings. The van der Waals surface area contributed by atoms with Crippen molar-refractivity contribution < 1.29 is 60.1 Å². The van der Waals surface area contributed by atoms with Crippen molar-refractivity contribution in [2.45, 2.75) is 50.5 Å². The van der Waals surface area contributed by atoms with Gasteiger partial charge in [0.25, 0.3) is 11.8 Å². The van der Waals surface area contributed by atoms with Crippen LogP contribution < -0.4 is 15.4 Å². The number of ether oxygens (including phenoxy) is 2. The first-order chi connectivity index (χ1) is 27.0. The summed E-state index contributed by atoms with van der Waals surface area (Å²) in [4.78, 5) is 51.1. The van der Waals surface area contributed by atoms with Crippen LogP contribution in [0.2, 0.25) is 5.02 Å². The second kappa shape index (κ2) is 16.5. The number of alkyl halides is 6. The molecule has 4 amide bonds. The summed E-state index contributed by atoms with van der Waals surface area (Å²) in [6, 6.07) is 9.95. The van der Waals surface area contributed by atoms with E-state index in [1.807, 2.05) is 0 Å². The van der Waals surface area contributed by atoms with Gasteiger partial charge in [-0.25, -0.2) is 0 Å². The van der Waals surface area contributed by atoms with Crippen LogP contribution in [0.3, 0.4) is 0 Å². The molecule has 1 saturated heterocycles. The molecular weight excluding hydrogens is 788 g/mol. The Kier molecular flexibility index (Phi) is 11.9. The maximum atomic E-state index is 13.8. The number of imide groups is 2. The molecule has 0 radical (unpaired) electrons. The molecule has 0 bridgehead atoms. The topological polar surface area (TPSA) is 152 Å². The third-order valence-electron chi connectivity index (χ3n) is 9.37. The predicted octanol–water partition coefficient (Wildman–Crippen LogP) is 7.23. The number of nitrogens with one attached hydrogen (secondary N) is 2. The average molecular weight is 822 g/mol. The number of carbonyl (C=O) groups is 4.